The van der Waals surface area contributed by atoms with Crippen LogP contribution in [0.5, 0.6) is 5.75 Å². The van der Waals surface area contributed by atoms with E-state index in [4.69, 9.17) is 9.84 Å². The summed E-state index contributed by atoms with van der Waals surface area (Å²) in [7, 11) is 1.62. The van der Waals surface area contributed by atoms with Crippen molar-refractivity contribution in [3.05, 3.63) is 81.7 Å². The predicted molar refractivity (Wildman–Crippen MR) is 97.0 cm³/mol. The number of carboxylic acid groups (broad SMARTS) is 1. The normalized spacial score (nSPS) is 11.1. The van der Waals surface area contributed by atoms with Crippen LogP contribution in [0.2, 0.25) is 0 Å². The fraction of sp³-hybridized carbons (Fsp3) is 0.100. The van der Waals surface area contributed by atoms with Crippen molar-refractivity contribution in [2.45, 2.75) is 6.42 Å². The summed E-state index contributed by atoms with van der Waals surface area (Å²) >= 11 is 0. The Hall–Kier alpha value is -3.34. The molecular weight excluding hydrogens is 318 g/mol. The average molecular weight is 335 g/mol. The molecular formula is C20H17NO4. The summed E-state index contributed by atoms with van der Waals surface area (Å²) in [5.41, 5.74) is 3.37. The number of nitrogens with one attached hydrogen (secondary N) is 1. The van der Waals surface area contributed by atoms with E-state index in [9.17, 15) is 9.59 Å². The molecule has 25 heavy (non-hydrogen) atoms. The van der Waals surface area contributed by atoms with Crippen molar-refractivity contribution in [1.82, 2.24) is 4.98 Å². The Bertz CT molecular complexity index is 1000. The Kier molecular flexibility index (Phi) is 4.66. The van der Waals surface area contributed by atoms with Crippen molar-refractivity contribution in [3.63, 3.8) is 0 Å². The smallest absolute Gasteiger partial charge is 0.328 e. The van der Waals surface area contributed by atoms with E-state index in [-0.39, 0.29) is 5.56 Å². The molecule has 3 aromatic rings. The molecule has 5 nitrogen and oxygen atoms in total. The maximum atomic E-state index is 11.6. The topological polar surface area (TPSA) is 79.4 Å². The zero-order chi connectivity index (χ0) is 17.8. The summed E-state index contributed by atoms with van der Waals surface area (Å²) in [6.45, 7) is 0. The molecule has 0 saturated carbocycles. The van der Waals surface area contributed by atoms with Crippen LogP contribution < -0.4 is 10.3 Å². The van der Waals surface area contributed by atoms with Gasteiger partial charge in [-0.05, 0) is 53.5 Å². The first-order valence-electron chi connectivity index (χ1n) is 7.75. The lowest BCUT2D eigenvalue weighted by atomic mass is 9.95. The van der Waals surface area contributed by atoms with Crippen molar-refractivity contribution < 1.29 is 14.6 Å². The molecule has 2 aromatic carbocycles. The van der Waals surface area contributed by atoms with Gasteiger partial charge in [0.25, 0.3) is 0 Å². The van der Waals surface area contributed by atoms with Gasteiger partial charge in [0.05, 0.1) is 7.11 Å². The maximum Gasteiger partial charge on any atom is 0.328 e. The monoisotopic (exact) mass is 335 g/mol. The van der Waals surface area contributed by atoms with E-state index in [1.165, 1.54) is 6.07 Å². The third-order valence-corrected chi connectivity index (χ3v) is 4.00. The Morgan fingerprint density at radius 2 is 1.88 bits per heavy atom. The molecule has 0 aliphatic heterocycles. The number of H-pyrrole nitrogens is 1. The Morgan fingerprint density at radius 3 is 2.56 bits per heavy atom. The van der Waals surface area contributed by atoms with Gasteiger partial charge in [0.1, 0.15) is 5.75 Å². The second kappa shape index (κ2) is 7.05. The number of rotatable bonds is 5. The summed E-state index contributed by atoms with van der Waals surface area (Å²) < 4.78 is 5.18. The van der Waals surface area contributed by atoms with E-state index >= 15 is 0 Å². The summed E-state index contributed by atoms with van der Waals surface area (Å²) in [6, 6.07) is 14.5. The minimum atomic E-state index is -1.00. The second-order valence-corrected chi connectivity index (χ2v) is 5.61. The standard InChI is InChI=1S/C20H17NO4/c1-25-15-6-2-13(3-7-15)12-17-14(5-11-20(23)24)4-9-18-16(17)8-10-19(22)21-18/h2-11H,12H2,1H3,(H,21,22)(H,23,24). The molecule has 126 valence electrons. The van der Waals surface area contributed by atoms with Gasteiger partial charge in [-0.1, -0.05) is 18.2 Å². The lowest BCUT2D eigenvalue weighted by molar-refractivity contribution is -0.131. The number of ether oxygens (including phenoxy) is 1. The van der Waals surface area contributed by atoms with Crippen molar-refractivity contribution in [2.24, 2.45) is 0 Å². The number of fused-ring (bicyclic) bond motifs is 1. The highest BCUT2D eigenvalue weighted by molar-refractivity contribution is 5.90. The Labute approximate surface area is 144 Å². The van der Waals surface area contributed by atoms with E-state index in [0.717, 1.165) is 39.4 Å². The highest BCUT2D eigenvalue weighted by atomic mass is 16.5. The fourth-order valence-electron chi connectivity index (χ4n) is 2.78. The number of aliphatic carboxylic acids is 1. The SMILES string of the molecule is COc1ccc(Cc2c(C=CC(=O)O)ccc3[nH]c(=O)ccc23)cc1. The number of aromatic amines is 1. The van der Waals surface area contributed by atoms with Gasteiger partial charge in [-0.3, -0.25) is 4.79 Å². The van der Waals surface area contributed by atoms with E-state index < -0.39 is 5.97 Å². The molecule has 0 atom stereocenters. The number of benzene rings is 2. The largest absolute Gasteiger partial charge is 0.497 e. The molecule has 3 rings (SSSR count). The van der Waals surface area contributed by atoms with E-state index in [0.29, 0.717) is 6.42 Å². The summed E-state index contributed by atoms with van der Waals surface area (Å²) in [5.74, 6) is -0.228. The zero-order valence-corrected chi connectivity index (χ0v) is 13.7. The minimum absolute atomic E-state index is 0.170. The third kappa shape index (κ3) is 3.77. The van der Waals surface area contributed by atoms with Crippen molar-refractivity contribution in [2.75, 3.05) is 7.11 Å². The second-order valence-electron chi connectivity index (χ2n) is 5.61. The quantitative estimate of drug-likeness (QED) is 0.702. The van der Waals surface area contributed by atoms with Gasteiger partial charge in [-0.25, -0.2) is 4.79 Å². The van der Waals surface area contributed by atoms with Crippen molar-refractivity contribution in [3.8, 4) is 5.75 Å². The Morgan fingerprint density at radius 1 is 1.12 bits per heavy atom. The van der Waals surface area contributed by atoms with Crippen LogP contribution in [0.4, 0.5) is 0 Å². The lowest BCUT2D eigenvalue weighted by Gasteiger charge is -2.11. The minimum Gasteiger partial charge on any atom is -0.497 e. The van der Waals surface area contributed by atoms with Crippen LogP contribution in [0.3, 0.4) is 0 Å². The first kappa shape index (κ1) is 16.5. The Balaban J connectivity index is 2.11. The third-order valence-electron chi connectivity index (χ3n) is 4.00. The van der Waals surface area contributed by atoms with Gasteiger partial charge in [0.2, 0.25) is 5.56 Å². The van der Waals surface area contributed by atoms with Gasteiger partial charge < -0.3 is 14.8 Å². The number of hydrogen-bond donors (Lipinski definition) is 2. The average Bonchev–Trinajstić information content (AvgIpc) is 2.61. The van der Waals surface area contributed by atoms with Crippen molar-refractivity contribution in [1.29, 1.82) is 0 Å². The molecule has 0 bridgehead atoms. The molecule has 1 aromatic heterocycles. The number of methoxy groups -OCH3 is 1. The molecule has 0 aliphatic carbocycles. The maximum absolute atomic E-state index is 11.6. The van der Waals surface area contributed by atoms with Crippen molar-refractivity contribution >= 4 is 22.9 Å². The lowest BCUT2D eigenvalue weighted by Crippen LogP contribution is -2.04. The zero-order valence-electron chi connectivity index (χ0n) is 13.7. The summed E-state index contributed by atoms with van der Waals surface area (Å²) in [5, 5.41) is 9.81. The number of hydrogen-bond acceptors (Lipinski definition) is 3. The summed E-state index contributed by atoms with van der Waals surface area (Å²) in [4.78, 5) is 25.2. The molecule has 0 spiro atoms. The van der Waals surface area contributed by atoms with Gasteiger partial charge in [0, 0.05) is 23.0 Å². The van der Waals surface area contributed by atoms with Crippen LogP contribution >= 0.6 is 0 Å². The van der Waals surface area contributed by atoms with Gasteiger partial charge >= 0.3 is 5.97 Å². The number of carboxylic acids is 1. The molecule has 0 radical (unpaired) electrons. The van der Waals surface area contributed by atoms with Crippen LogP contribution in [-0.2, 0) is 11.2 Å². The number of pyridine rings is 1. The predicted octanol–water partition coefficient (Wildman–Crippen LogP) is 3.23. The van der Waals surface area contributed by atoms with E-state index in [1.54, 1.807) is 25.3 Å². The van der Waals surface area contributed by atoms with Crippen LogP contribution in [0.1, 0.15) is 16.7 Å². The van der Waals surface area contributed by atoms with Gasteiger partial charge in [-0.2, -0.15) is 0 Å². The van der Waals surface area contributed by atoms with Gasteiger partial charge in [0.15, 0.2) is 0 Å². The van der Waals surface area contributed by atoms with E-state index in [1.807, 2.05) is 30.3 Å². The molecule has 2 N–H and O–H groups in total. The number of aromatic nitrogens is 1. The van der Waals surface area contributed by atoms with Crippen LogP contribution in [-0.4, -0.2) is 23.2 Å². The fourth-order valence-corrected chi connectivity index (χ4v) is 2.78. The molecule has 1 heterocycles. The molecule has 0 amide bonds. The van der Waals surface area contributed by atoms with E-state index in [2.05, 4.69) is 4.98 Å². The number of carbonyl (C=O) groups is 1. The molecule has 5 heteroatoms. The molecule has 0 aliphatic rings. The molecule has 0 saturated heterocycles. The van der Waals surface area contributed by atoms with Crippen LogP contribution in [0.25, 0.3) is 17.0 Å². The summed E-state index contributed by atoms with van der Waals surface area (Å²) in [6.07, 6.45) is 3.29. The van der Waals surface area contributed by atoms with Crippen LogP contribution in [0.15, 0.2) is 59.4 Å². The van der Waals surface area contributed by atoms with Crippen LogP contribution in [0, 0.1) is 0 Å². The molecule has 0 fully saturated rings. The molecule has 0 unspecified atom stereocenters. The highest BCUT2D eigenvalue weighted by Crippen LogP contribution is 2.25. The highest BCUT2D eigenvalue weighted by Gasteiger charge is 2.09. The first-order valence-corrected chi connectivity index (χ1v) is 7.75. The first-order chi connectivity index (χ1) is 12.1. The van der Waals surface area contributed by atoms with Gasteiger partial charge in [-0.15, -0.1) is 0 Å².